The van der Waals surface area contributed by atoms with Crippen molar-refractivity contribution in [2.45, 2.75) is 31.9 Å². The van der Waals surface area contributed by atoms with E-state index in [1.54, 1.807) is 0 Å². The van der Waals surface area contributed by atoms with Gasteiger partial charge in [0.05, 0.1) is 6.61 Å². The summed E-state index contributed by atoms with van der Waals surface area (Å²) >= 11 is 6.05. The molecule has 15 heavy (non-hydrogen) atoms. The van der Waals surface area contributed by atoms with Crippen molar-refractivity contribution < 1.29 is 5.11 Å². The molecule has 0 radical (unpaired) electrons. The van der Waals surface area contributed by atoms with Crippen LogP contribution in [0.5, 0.6) is 0 Å². The van der Waals surface area contributed by atoms with Gasteiger partial charge in [0.15, 0.2) is 0 Å². The molecule has 0 amide bonds. The minimum Gasteiger partial charge on any atom is -0.392 e. The van der Waals surface area contributed by atoms with E-state index in [0.717, 1.165) is 11.3 Å². The zero-order valence-corrected chi connectivity index (χ0v) is 9.67. The lowest BCUT2D eigenvalue weighted by molar-refractivity contribution is 0.282. The van der Waals surface area contributed by atoms with Crippen molar-refractivity contribution in [1.82, 2.24) is 0 Å². The highest BCUT2D eigenvalue weighted by Crippen LogP contribution is 2.30. The molecule has 1 N–H and O–H groups in total. The van der Waals surface area contributed by atoms with Crippen molar-refractivity contribution in [3.05, 3.63) is 28.8 Å². The normalized spacial score (nSPS) is 16.2. The summed E-state index contributed by atoms with van der Waals surface area (Å²) in [6.07, 6.45) is 3.88. The van der Waals surface area contributed by atoms with Crippen LogP contribution in [-0.4, -0.2) is 18.2 Å². The van der Waals surface area contributed by atoms with Gasteiger partial charge < -0.3 is 10.0 Å². The van der Waals surface area contributed by atoms with Gasteiger partial charge in [-0.3, -0.25) is 0 Å². The first-order chi connectivity index (χ1) is 7.22. The van der Waals surface area contributed by atoms with Crippen molar-refractivity contribution >= 4 is 17.3 Å². The zero-order chi connectivity index (χ0) is 10.8. The second kappa shape index (κ2) is 4.42. The van der Waals surface area contributed by atoms with Crippen LogP contribution in [0.2, 0.25) is 5.02 Å². The molecule has 1 aliphatic rings. The van der Waals surface area contributed by atoms with Crippen molar-refractivity contribution in [2.24, 2.45) is 0 Å². The monoisotopic (exact) mass is 225 g/mol. The first kappa shape index (κ1) is 10.8. The minimum absolute atomic E-state index is 0.00621. The Hall–Kier alpha value is -0.730. The number of aliphatic hydroxyl groups is 1. The van der Waals surface area contributed by atoms with E-state index in [-0.39, 0.29) is 6.61 Å². The van der Waals surface area contributed by atoms with E-state index in [2.05, 4.69) is 11.9 Å². The number of hydrogen-bond acceptors (Lipinski definition) is 2. The number of nitrogens with zero attached hydrogens (tertiary/aromatic N) is 1. The minimum atomic E-state index is 0.00621. The van der Waals surface area contributed by atoms with E-state index in [0.29, 0.717) is 11.1 Å². The largest absolute Gasteiger partial charge is 0.392 e. The van der Waals surface area contributed by atoms with Crippen LogP contribution in [-0.2, 0) is 6.61 Å². The van der Waals surface area contributed by atoms with Crippen LogP contribution in [0.15, 0.2) is 18.2 Å². The van der Waals surface area contributed by atoms with E-state index in [1.807, 2.05) is 18.2 Å². The highest BCUT2D eigenvalue weighted by Gasteiger charge is 2.22. The fourth-order valence-electron chi connectivity index (χ4n) is 1.87. The third kappa shape index (κ3) is 2.11. The number of rotatable bonds is 3. The van der Waals surface area contributed by atoms with E-state index < -0.39 is 0 Å². The number of hydrogen-bond donors (Lipinski definition) is 1. The molecular weight excluding hydrogens is 210 g/mol. The van der Waals surface area contributed by atoms with Gasteiger partial charge in [0.2, 0.25) is 0 Å². The molecule has 0 aliphatic heterocycles. The summed E-state index contributed by atoms with van der Waals surface area (Å²) < 4.78 is 0. The van der Waals surface area contributed by atoms with Crippen LogP contribution in [0.4, 0.5) is 5.69 Å². The van der Waals surface area contributed by atoms with Crippen LogP contribution in [0.25, 0.3) is 0 Å². The second-order valence-electron chi connectivity index (χ2n) is 4.13. The lowest BCUT2D eigenvalue weighted by Crippen LogP contribution is -2.37. The number of aliphatic hydroxyl groups excluding tert-OH is 1. The van der Waals surface area contributed by atoms with Crippen LogP contribution in [0, 0.1) is 0 Å². The van der Waals surface area contributed by atoms with Gasteiger partial charge in [-0.1, -0.05) is 17.7 Å². The highest BCUT2D eigenvalue weighted by molar-refractivity contribution is 6.31. The smallest absolute Gasteiger partial charge is 0.0696 e. The SMILES string of the molecule is CN(c1ccc(CO)c(Cl)c1)C1CCC1. The summed E-state index contributed by atoms with van der Waals surface area (Å²) in [5.41, 5.74) is 1.93. The van der Waals surface area contributed by atoms with Gasteiger partial charge in [-0.2, -0.15) is 0 Å². The van der Waals surface area contributed by atoms with Gasteiger partial charge in [0.25, 0.3) is 0 Å². The molecule has 0 spiro atoms. The summed E-state index contributed by atoms with van der Waals surface area (Å²) in [6, 6.07) is 6.52. The molecule has 0 aromatic heterocycles. The molecule has 2 nitrogen and oxygen atoms in total. The third-order valence-corrected chi connectivity index (χ3v) is 3.59. The van der Waals surface area contributed by atoms with E-state index in [1.165, 1.54) is 19.3 Å². The lowest BCUT2D eigenvalue weighted by Gasteiger charge is -2.36. The summed E-state index contributed by atoms with van der Waals surface area (Å²) in [7, 11) is 2.11. The van der Waals surface area contributed by atoms with Crippen molar-refractivity contribution in [2.75, 3.05) is 11.9 Å². The molecule has 0 saturated heterocycles. The molecule has 1 aliphatic carbocycles. The maximum Gasteiger partial charge on any atom is 0.0696 e. The summed E-state index contributed by atoms with van der Waals surface area (Å²) in [5.74, 6) is 0. The van der Waals surface area contributed by atoms with Gasteiger partial charge in [-0.25, -0.2) is 0 Å². The molecule has 82 valence electrons. The van der Waals surface area contributed by atoms with Crippen molar-refractivity contribution in [1.29, 1.82) is 0 Å². The van der Waals surface area contributed by atoms with Crippen molar-refractivity contribution in [3.63, 3.8) is 0 Å². The highest BCUT2D eigenvalue weighted by atomic mass is 35.5. The molecule has 1 aromatic rings. The first-order valence-electron chi connectivity index (χ1n) is 5.34. The Bertz CT molecular complexity index is 349. The van der Waals surface area contributed by atoms with Gasteiger partial charge in [-0.15, -0.1) is 0 Å². The Labute approximate surface area is 95.5 Å². The van der Waals surface area contributed by atoms with Gasteiger partial charge in [0.1, 0.15) is 0 Å². The molecule has 1 fully saturated rings. The lowest BCUT2D eigenvalue weighted by atomic mass is 9.91. The maximum atomic E-state index is 9.02. The van der Waals surface area contributed by atoms with Crippen LogP contribution in [0.1, 0.15) is 24.8 Å². The predicted molar refractivity (Wildman–Crippen MR) is 63.4 cm³/mol. The Kier molecular flexibility index (Phi) is 3.17. The Morgan fingerprint density at radius 3 is 2.67 bits per heavy atom. The standard InChI is InChI=1S/C12H16ClNO/c1-14(10-3-2-4-10)11-6-5-9(8-15)12(13)7-11/h5-7,10,15H,2-4,8H2,1H3. The van der Waals surface area contributed by atoms with Gasteiger partial charge in [0, 0.05) is 23.8 Å². The molecular formula is C12H16ClNO. The number of halogens is 1. The quantitative estimate of drug-likeness (QED) is 0.855. The Morgan fingerprint density at radius 2 is 2.20 bits per heavy atom. The third-order valence-electron chi connectivity index (χ3n) is 3.24. The number of benzene rings is 1. The molecule has 1 saturated carbocycles. The Balaban J connectivity index is 2.17. The molecule has 0 unspecified atom stereocenters. The molecule has 3 heteroatoms. The second-order valence-corrected chi connectivity index (χ2v) is 4.54. The van der Waals surface area contributed by atoms with Crippen LogP contribution < -0.4 is 4.90 Å². The average molecular weight is 226 g/mol. The maximum absolute atomic E-state index is 9.02. The van der Waals surface area contributed by atoms with Crippen LogP contribution in [0.3, 0.4) is 0 Å². The topological polar surface area (TPSA) is 23.5 Å². The summed E-state index contributed by atoms with van der Waals surface area (Å²) in [6.45, 7) is 0.00621. The first-order valence-corrected chi connectivity index (χ1v) is 5.72. The molecule has 0 atom stereocenters. The Morgan fingerprint density at radius 1 is 1.47 bits per heavy atom. The van der Waals surface area contributed by atoms with Crippen molar-refractivity contribution in [3.8, 4) is 0 Å². The fourth-order valence-corrected chi connectivity index (χ4v) is 2.10. The van der Waals surface area contributed by atoms with E-state index >= 15 is 0 Å². The molecule has 0 heterocycles. The van der Waals surface area contributed by atoms with E-state index in [4.69, 9.17) is 16.7 Å². The van der Waals surface area contributed by atoms with E-state index in [9.17, 15) is 0 Å². The predicted octanol–water partition coefficient (Wildman–Crippen LogP) is 2.82. The average Bonchev–Trinajstić information content (AvgIpc) is 2.15. The number of anilines is 1. The van der Waals surface area contributed by atoms with Crippen LogP contribution >= 0.6 is 11.6 Å². The molecule has 1 aromatic carbocycles. The van der Waals surface area contributed by atoms with Gasteiger partial charge >= 0.3 is 0 Å². The zero-order valence-electron chi connectivity index (χ0n) is 8.91. The van der Waals surface area contributed by atoms with Gasteiger partial charge in [-0.05, 0) is 37.0 Å². The molecule has 2 rings (SSSR count). The summed E-state index contributed by atoms with van der Waals surface area (Å²) in [5, 5.41) is 9.67. The molecule has 0 bridgehead atoms. The fraction of sp³-hybridized carbons (Fsp3) is 0.500. The summed E-state index contributed by atoms with van der Waals surface area (Å²) in [4.78, 5) is 2.27.